The van der Waals surface area contributed by atoms with E-state index in [1.807, 2.05) is 11.2 Å². The van der Waals surface area contributed by atoms with E-state index in [1.54, 1.807) is 5.48 Å². The largest absolute Gasteiger partial charge is 0.382 e. The molecule has 7 nitrogen and oxygen atoms in total. The minimum atomic E-state index is -1.44. The number of amides is 1. The molecule has 2 saturated heterocycles. The smallest absolute Gasteiger partial charge is 0.263 e. The van der Waals surface area contributed by atoms with Crippen molar-refractivity contribution >= 4 is 16.9 Å². The molecular weight excluding hydrogens is 356 g/mol. The van der Waals surface area contributed by atoms with Gasteiger partial charge in [-0.1, -0.05) is 19.3 Å². The Balaban J connectivity index is 1.77. The summed E-state index contributed by atoms with van der Waals surface area (Å²) < 4.78 is 24.7. The maximum absolute atomic E-state index is 13.1. The molecule has 2 rings (SSSR count). The third-order valence-corrected chi connectivity index (χ3v) is 7.66. The Labute approximate surface area is 159 Å². The standard InChI is InChI=1S/C18H34N2O5S/c1-2-24-13-5-3-4-6-16-7-11-20(12-8-16)26(23)18(17(21)19-22)9-14-25-15-10-18/h16,22H,2-15H2,1H3,(H,19,21). The first kappa shape index (κ1) is 21.8. The zero-order chi connectivity index (χ0) is 18.8. The van der Waals surface area contributed by atoms with Gasteiger partial charge in [-0.2, -0.15) is 0 Å². The number of hydrogen-bond acceptors (Lipinski definition) is 5. The lowest BCUT2D eigenvalue weighted by molar-refractivity contribution is -0.134. The number of ether oxygens (including phenoxy) is 2. The van der Waals surface area contributed by atoms with Crippen molar-refractivity contribution in [2.24, 2.45) is 5.92 Å². The van der Waals surface area contributed by atoms with E-state index in [0.29, 0.717) is 32.0 Å². The molecule has 0 aromatic heterocycles. The molecule has 0 aromatic carbocycles. The van der Waals surface area contributed by atoms with Crippen LogP contribution in [-0.2, 0) is 25.3 Å². The lowest BCUT2D eigenvalue weighted by Gasteiger charge is -2.40. The molecule has 2 aliphatic rings. The summed E-state index contributed by atoms with van der Waals surface area (Å²) in [5, 5.41) is 9.11. The highest BCUT2D eigenvalue weighted by molar-refractivity contribution is 7.85. The van der Waals surface area contributed by atoms with Gasteiger partial charge in [-0.3, -0.25) is 10.0 Å². The Morgan fingerprint density at radius 3 is 2.58 bits per heavy atom. The first-order valence-electron chi connectivity index (χ1n) is 9.91. The molecule has 0 spiro atoms. The van der Waals surface area contributed by atoms with Crippen LogP contribution in [0, 0.1) is 5.92 Å². The summed E-state index contributed by atoms with van der Waals surface area (Å²) in [4.78, 5) is 12.2. The van der Waals surface area contributed by atoms with Crippen molar-refractivity contribution in [2.45, 2.75) is 63.0 Å². The number of nitrogens with one attached hydrogen (secondary N) is 1. The van der Waals surface area contributed by atoms with Gasteiger partial charge in [0.2, 0.25) is 0 Å². The predicted octanol–water partition coefficient (Wildman–Crippen LogP) is 2.01. The number of nitrogens with zero attached hydrogens (tertiary/aromatic N) is 1. The summed E-state index contributed by atoms with van der Waals surface area (Å²) in [6.45, 7) is 5.96. The fourth-order valence-electron chi connectivity index (χ4n) is 3.85. The summed E-state index contributed by atoms with van der Waals surface area (Å²) >= 11 is 0. The molecule has 1 atom stereocenters. The minimum Gasteiger partial charge on any atom is -0.382 e. The number of unbranched alkanes of at least 4 members (excludes halogenated alkanes) is 2. The van der Waals surface area contributed by atoms with Gasteiger partial charge < -0.3 is 9.47 Å². The van der Waals surface area contributed by atoms with E-state index < -0.39 is 21.6 Å². The second-order valence-corrected chi connectivity index (χ2v) is 9.01. The summed E-state index contributed by atoms with van der Waals surface area (Å²) in [5.74, 6) is 0.128. The van der Waals surface area contributed by atoms with Crippen molar-refractivity contribution in [1.82, 2.24) is 9.79 Å². The highest BCUT2D eigenvalue weighted by Crippen LogP contribution is 2.33. The fraction of sp³-hybridized carbons (Fsp3) is 0.944. The van der Waals surface area contributed by atoms with Crippen molar-refractivity contribution < 1.29 is 23.7 Å². The number of piperidine rings is 1. The third kappa shape index (κ3) is 5.73. The minimum absolute atomic E-state index is 0.381. The average molecular weight is 391 g/mol. The highest BCUT2D eigenvalue weighted by atomic mass is 32.2. The van der Waals surface area contributed by atoms with E-state index in [9.17, 15) is 9.00 Å². The van der Waals surface area contributed by atoms with Gasteiger partial charge in [0, 0.05) is 39.5 Å². The second kappa shape index (κ2) is 11.3. The molecule has 2 N–H and O–H groups in total. The van der Waals surface area contributed by atoms with Crippen LogP contribution in [0.15, 0.2) is 0 Å². The Bertz CT molecular complexity index is 449. The van der Waals surface area contributed by atoms with Crippen LogP contribution in [0.2, 0.25) is 0 Å². The average Bonchev–Trinajstić information content (AvgIpc) is 2.70. The topological polar surface area (TPSA) is 88.1 Å². The summed E-state index contributed by atoms with van der Waals surface area (Å²) in [5.41, 5.74) is 1.73. The number of carbonyl (C=O) groups is 1. The zero-order valence-electron chi connectivity index (χ0n) is 15.9. The van der Waals surface area contributed by atoms with E-state index in [2.05, 4.69) is 0 Å². The van der Waals surface area contributed by atoms with E-state index in [1.165, 1.54) is 19.3 Å². The molecule has 0 aromatic rings. The number of rotatable bonds is 10. The van der Waals surface area contributed by atoms with Gasteiger partial charge in [-0.15, -0.1) is 0 Å². The van der Waals surface area contributed by atoms with Gasteiger partial charge in [0.25, 0.3) is 5.91 Å². The maximum atomic E-state index is 13.1. The van der Waals surface area contributed by atoms with Crippen LogP contribution in [-0.4, -0.2) is 63.9 Å². The maximum Gasteiger partial charge on any atom is 0.263 e. The normalized spacial score (nSPS) is 22.8. The van der Waals surface area contributed by atoms with Crippen LogP contribution in [0.3, 0.4) is 0 Å². The summed E-state index contributed by atoms with van der Waals surface area (Å²) in [7, 11) is -1.44. The first-order valence-corrected chi connectivity index (χ1v) is 11.0. The molecule has 0 bridgehead atoms. The van der Waals surface area contributed by atoms with Crippen molar-refractivity contribution in [2.75, 3.05) is 39.5 Å². The highest BCUT2D eigenvalue weighted by Gasteiger charge is 2.48. The van der Waals surface area contributed by atoms with Crippen LogP contribution < -0.4 is 5.48 Å². The van der Waals surface area contributed by atoms with E-state index in [-0.39, 0.29) is 0 Å². The van der Waals surface area contributed by atoms with Gasteiger partial charge >= 0.3 is 0 Å². The van der Waals surface area contributed by atoms with Gasteiger partial charge in [0.1, 0.15) is 15.7 Å². The van der Waals surface area contributed by atoms with Crippen LogP contribution in [0.1, 0.15) is 58.3 Å². The second-order valence-electron chi connectivity index (χ2n) is 7.22. The summed E-state index contributed by atoms with van der Waals surface area (Å²) in [6, 6.07) is 0. The SMILES string of the molecule is CCOCCCCCC1CCN(S(=O)C2(C(=O)NO)CCOCC2)CC1. The lowest BCUT2D eigenvalue weighted by Crippen LogP contribution is -2.57. The van der Waals surface area contributed by atoms with Crippen molar-refractivity contribution in [3.63, 3.8) is 0 Å². The number of carbonyl (C=O) groups excluding carboxylic acids is 1. The Hall–Kier alpha value is -0.540. The molecule has 8 heteroatoms. The van der Waals surface area contributed by atoms with Crippen LogP contribution in [0.25, 0.3) is 0 Å². The fourth-order valence-corrected chi connectivity index (χ4v) is 5.61. The molecule has 26 heavy (non-hydrogen) atoms. The zero-order valence-corrected chi connectivity index (χ0v) is 16.7. The van der Waals surface area contributed by atoms with Crippen LogP contribution >= 0.6 is 0 Å². The Kier molecular flexibility index (Phi) is 9.49. The van der Waals surface area contributed by atoms with E-state index in [0.717, 1.165) is 45.6 Å². The van der Waals surface area contributed by atoms with Crippen molar-refractivity contribution in [1.29, 1.82) is 0 Å². The lowest BCUT2D eigenvalue weighted by atomic mass is 9.92. The van der Waals surface area contributed by atoms with Crippen molar-refractivity contribution in [3.8, 4) is 0 Å². The van der Waals surface area contributed by atoms with Gasteiger partial charge in [-0.05, 0) is 44.9 Å². The molecule has 2 fully saturated rings. The molecular formula is C18H34N2O5S. The molecule has 1 unspecified atom stereocenters. The van der Waals surface area contributed by atoms with E-state index >= 15 is 0 Å². The Morgan fingerprint density at radius 1 is 1.27 bits per heavy atom. The summed E-state index contributed by atoms with van der Waals surface area (Å²) in [6.07, 6.45) is 7.55. The van der Waals surface area contributed by atoms with Gasteiger partial charge in [-0.25, -0.2) is 14.0 Å². The monoisotopic (exact) mass is 390 g/mol. The van der Waals surface area contributed by atoms with Gasteiger partial charge in [0.05, 0.1) is 0 Å². The van der Waals surface area contributed by atoms with E-state index in [4.69, 9.17) is 14.7 Å². The number of hydrogen-bond donors (Lipinski definition) is 2. The van der Waals surface area contributed by atoms with Crippen molar-refractivity contribution in [3.05, 3.63) is 0 Å². The van der Waals surface area contributed by atoms with Crippen LogP contribution in [0.4, 0.5) is 0 Å². The molecule has 0 saturated carbocycles. The number of hydroxylamine groups is 1. The molecule has 1 amide bonds. The molecule has 0 aliphatic carbocycles. The predicted molar refractivity (Wildman–Crippen MR) is 100 cm³/mol. The quantitative estimate of drug-likeness (QED) is 0.338. The molecule has 152 valence electrons. The molecule has 2 aliphatic heterocycles. The van der Waals surface area contributed by atoms with Gasteiger partial charge in [0.15, 0.2) is 0 Å². The van der Waals surface area contributed by atoms with Crippen LogP contribution in [0.5, 0.6) is 0 Å². The molecule has 2 heterocycles. The molecule has 0 radical (unpaired) electrons. The first-order chi connectivity index (χ1) is 12.6. The third-order valence-electron chi connectivity index (χ3n) is 5.56. The Morgan fingerprint density at radius 2 is 1.96 bits per heavy atom.